The highest BCUT2D eigenvalue weighted by Crippen LogP contribution is 2.30. The Labute approximate surface area is 149 Å². The van der Waals surface area contributed by atoms with Gasteiger partial charge in [0.25, 0.3) is 5.91 Å². The molecule has 1 fully saturated rings. The molecule has 0 aliphatic carbocycles. The third kappa shape index (κ3) is 4.76. The summed E-state index contributed by atoms with van der Waals surface area (Å²) in [5.41, 5.74) is 0.187. The molecule has 0 saturated carbocycles. The molecule has 4 nitrogen and oxygen atoms in total. The van der Waals surface area contributed by atoms with Crippen molar-refractivity contribution in [3.05, 3.63) is 35.9 Å². The Kier molecular flexibility index (Phi) is 6.72. The number of hydrogen-bond donors (Lipinski definition) is 1. The van der Waals surface area contributed by atoms with E-state index in [1.165, 1.54) is 0 Å². The molecule has 0 aromatic heterocycles. The number of nitrogens with zero attached hydrogens (tertiary/aromatic N) is 1. The van der Waals surface area contributed by atoms with E-state index < -0.39 is 5.41 Å². The van der Waals surface area contributed by atoms with Gasteiger partial charge in [-0.3, -0.25) is 9.59 Å². The monoisotopic (exact) mass is 348 g/mol. The van der Waals surface area contributed by atoms with Gasteiger partial charge in [-0.05, 0) is 57.3 Å². The average molecular weight is 349 g/mol. The summed E-state index contributed by atoms with van der Waals surface area (Å²) in [4.78, 5) is 27.2. The maximum Gasteiger partial charge on any atom is 0.253 e. The van der Waals surface area contributed by atoms with Crippen molar-refractivity contribution >= 4 is 23.6 Å². The SMILES string of the molecule is CSCC[C@H](C)NC(=O)[C@@]1(C)CCCN(C(=O)c2ccccc2)C1. The van der Waals surface area contributed by atoms with Crippen LogP contribution in [-0.2, 0) is 4.79 Å². The summed E-state index contributed by atoms with van der Waals surface area (Å²) in [5, 5.41) is 3.13. The molecule has 132 valence electrons. The van der Waals surface area contributed by atoms with E-state index in [2.05, 4.69) is 11.6 Å². The lowest BCUT2D eigenvalue weighted by Crippen LogP contribution is -2.53. The van der Waals surface area contributed by atoms with Gasteiger partial charge < -0.3 is 10.2 Å². The smallest absolute Gasteiger partial charge is 0.253 e. The summed E-state index contributed by atoms with van der Waals surface area (Å²) in [6, 6.07) is 9.48. The van der Waals surface area contributed by atoms with Crippen molar-refractivity contribution in [1.29, 1.82) is 0 Å². The third-order valence-corrected chi connectivity index (χ3v) is 5.33. The normalized spacial score (nSPS) is 22.0. The van der Waals surface area contributed by atoms with E-state index in [0.717, 1.165) is 31.6 Å². The molecule has 1 aliphatic heterocycles. The summed E-state index contributed by atoms with van der Waals surface area (Å²) < 4.78 is 0. The van der Waals surface area contributed by atoms with E-state index >= 15 is 0 Å². The summed E-state index contributed by atoms with van der Waals surface area (Å²) in [7, 11) is 0. The number of amides is 2. The van der Waals surface area contributed by atoms with Crippen LogP contribution in [0.15, 0.2) is 30.3 Å². The van der Waals surface area contributed by atoms with Crippen molar-refractivity contribution < 1.29 is 9.59 Å². The second-order valence-corrected chi connectivity index (χ2v) is 7.90. The number of nitrogens with one attached hydrogen (secondary N) is 1. The number of thioether (sulfide) groups is 1. The van der Waals surface area contributed by atoms with E-state index in [0.29, 0.717) is 12.1 Å². The van der Waals surface area contributed by atoms with Gasteiger partial charge in [-0.1, -0.05) is 18.2 Å². The molecule has 0 unspecified atom stereocenters. The van der Waals surface area contributed by atoms with Gasteiger partial charge in [-0.25, -0.2) is 0 Å². The topological polar surface area (TPSA) is 49.4 Å². The molecular formula is C19H28N2O2S. The van der Waals surface area contributed by atoms with Crippen molar-refractivity contribution in [2.24, 2.45) is 5.41 Å². The maximum atomic E-state index is 12.7. The van der Waals surface area contributed by atoms with E-state index in [4.69, 9.17) is 0 Å². The van der Waals surface area contributed by atoms with Crippen LogP contribution in [0.5, 0.6) is 0 Å². The Bertz CT molecular complexity index is 564. The van der Waals surface area contributed by atoms with Crippen LogP contribution in [0.2, 0.25) is 0 Å². The van der Waals surface area contributed by atoms with Crippen molar-refractivity contribution in [1.82, 2.24) is 10.2 Å². The second-order valence-electron chi connectivity index (χ2n) is 6.91. The first-order valence-electron chi connectivity index (χ1n) is 8.60. The zero-order chi connectivity index (χ0) is 17.6. The summed E-state index contributed by atoms with van der Waals surface area (Å²) >= 11 is 1.79. The number of carbonyl (C=O) groups excluding carboxylic acids is 2. The number of rotatable bonds is 6. The van der Waals surface area contributed by atoms with Gasteiger partial charge in [-0.15, -0.1) is 0 Å². The molecule has 0 bridgehead atoms. The van der Waals surface area contributed by atoms with Crippen molar-refractivity contribution in [2.75, 3.05) is 25.1 Å². The fourth-order valence-corrected chi connectivity index (χ4v) is 3.72. The Balaban J connectivity index is 2.00. The number of benzene rings is 1. The first-order chi connectivity index (χ1) is 11.5. The molecule has 1 aromatic rings. The molecule has 1 heterocycles. The van der Waals surface area contributed by atoms with E-state index in [1.54, 1.807) is 11.8 Å². The minimum atomic E-state index is -0.504. The van der Waals surface area contributed by atoms with Gasteiger partial charge >= 0.3 is 0 Å². The van der Waals surface area contributed by atoms with Crippen LogP contribution >= 0.6 is 11.8 Å². The predicted octanol–water partition coefficient (Wildman–Crippen LogP) is 3.19. The molecule has 1 saturated heterocycles. The van der Waals surface area contributed by atoms with Crippen molar-refractivity contribution in [3.8, 4) is 0 Å². The number of likely N-dealkylation sites (tertiary alicyclic amines) is 1. The molecule has 0 radical (unpaired) electrons. The molecular weight excluding hydrogens is 320 g/mol. The lowest BCUT2D eigenvalue weighted by molar-refractivity contribution is -0.133. The predicted molar refractivity (Wildman–Crippen MR) is 100 cm³/mol. The van der Waals surface area contributed by atoms with Gasteiger partial charge in [0.2, 0.25) is 5.91 Å². The molecule has 2 rings (SSSR count). The Morgan fingerprint density at radius 1 is 1.33 bits per heavy atom. The first kappa shape index (κ1) is 18.8. The van der Waals surface area contributed by atoms with Crippen molar-refractivity contribution in [2.45, 2.75) is 39.2 Å². The van der Waals surface area contributed by atoms with E-state index in [1.807, 2.05) is 49.1 Å². The van der Waals surface area contributed by atoms with Crippen LogP contribution in [0.25, 0.3) is 0 Å². The fourth-order valence-electron chi connectivity index (χ4n) is 3.13. The minimum absolute atomic E-state index is 0.0183. The summed E-state index contributed by atoms with van der Waals surface area (Å²) in [6.45, 7) is 5.24. The quantitative estimate of drug-likeness (QED) is 0.859. The summed E-state index contributed by atoms with van der Waals surface area (Å²) in [5.74, 6) is 1.13. The molecule has 1 aromatic carbocycles. The lowest BCUT2D eigenvalue weighted by Gasteiger charge is -2.40. The van der Waals surface area contributed by atoms with Gasteiger partial charge in [0.05, 0.1) is 5.41 Å². The Hall–Kier alpha value is -1.49. The van der Waals surface area contributed by atoms with Gasteiger partial charge in [0.15, 0.2) is 0 Å². The molecule has 2 amide bonds. The highest BCUT2D eigenvalue weighted by molar-refractivity contribution is 7.98. The number of hydrogen-bond acceptors (Lipinski definition) is 3. The molecule has 0 spiro atoms. The van der Waals surface area contributed by atoms with Crippen LogP contribution in [0.1, 0.15) is 43.5 Å². The van der Waals surface area contributed by atoms with Crippen LogP contribution in [0.4, 0.5) is 0 Å². The highest BCUT2D eigenvalue weighted by atomic mass is 32.2. The molecule has 5 heteroatoms. The molecule has 1 N–H and O–H groups in total. The zero-order valence-electron chi connectivity index (χ0n) is 14.9. The van der Waals surface area contributed by atoms with Crippen LogP contribution in [0, 0.1) is 5.41 Å². The number of piperidine rings is 1. The van der Waals surface area contributed by atoms with E-state index in [9.17, 15) is 9.59 Å². The number of carbonyl (C=O) groups is 2. The molecule has 1 aliphatic rings. The van der Waals surface area contributed by atoms with Crippen LogP contribution < -0.4 is 5.32 Å². The fraction of sp³-hybridized carbons (Fsp3) is 0.579. The molecule has 2 atom stereocenters. The van der Waals surface area contributed by atoms with Gasteiger partial charge in [0.1, 0.15) is 0 Å². The Morgan fingerprint density at radius 2 is 2.04 bits per heavy atom. The Morgan fingerprint density at radius 3 is 2.71 bits per heavy atom. The van der Waals surface area contributed by atoms with Crippen LogP contribution in [0.3, 0.4) is 0 Å². The van der Waals surface area contributed by atoms with Crippen LogP contribution in [-0.4, -0.2) is 47.9 Å². The summed E-state index contributed by atoms with van der Waals surface area (Å²) in [6.07, 6.45) is 4.73. The van der Waals surface area contributed by atoms with Gasteiger partial charge in [0, 0.05) is 24.7 Å². The first-order valence-corrected chi connectivity index (χ1v) is 10.00. The average Bonchev–Trinajstić information content (AvgIpc) is 2.60. The van der Waals surface area contributed by atoms with E-state index in [-0.39, 0.29) is 17.9 Å². The molecule has 24 heavy (non-hydrogen) atoms. The highest BCUT2D eigenvalue weighted by Gasteiger charge is 2.39. The standard InChI is InChI=1S/C19H28N2O2S/c1-15(10-13-24-3)20-18(23)19(2)11-7-12-21(14-19)17(22)16-8-5-4-6-9-16/h4-6,8-9,15H,7,10-14H2,1-3H3,(H,20,23)/t15-,19-/m0/s1. The second kappa shape index (κ2) is 8.56. The third-order valence-electron chi connectivity index (χ3n) is 4.69. The minimum Gasteiger partial charge on any atom is -0.353 e. The maximum absolute atomic E-state index is 12.7. The lowest BCUT2D eigenvalue weighted by atomic mass is 9.80. The van der Waals surface area contributed by atoms with Gasteiger partial charge in [-0.2, -0.15) is 11.8 Å². The zero-order valence-corrected chi connectivity index (χ0v) is 15.7. The van der Waals surface area contributed by atoms with Crippen molar-refractivity contribution in [3.63, 3.8) is 0 Å². The largest absolute Gasteiger partial charge is 0.353 e.